The van der Waals surface area contributed by atoms with Crippen LogP contribution in [0.1, 0.15) is 45.6 Å². The number of halogens is 1. The van der Waals surface area contributed by atoms with Gasteiger partial charge in [0.15, 0.2) is 5.67 Å². The van der Waals surface area contributed by atoms with Crippen molar-refractivity contribution in [1.82, 2.24) is 10.2 Å². The van der Waals surface area contributed by atoms with Crippen LogP contribution in [-0.4, -0.2) is 40.6 Å². The average Bonchev–Trinajstić information content (AvgIpc) is 3.43. The van der Waals surface area contributed by atoms with E-state index in [1.54, 1.807) is 29.2 Å². The maximum atomic E-state index is 15.0. The Balaban J connectivity index is 1.41. The Morgan fingerprint density at radius 1 is 1.23 bits per heavy atom. The van der Waals surface area contributed by atoms with E-state index in [9.17, 15) is 14.0 Å². The number of benzene rings is 1. The Labute approximate surface area is 152 Å². The molecule has 5 atom stereocenters. The van der Waals surface area contributed by atoms with Crippen LogP contribution in [0, 0.1) is 5.92 Å². The lowest BCUT2D eigenvalue weighted by atomic mass is 10.1. The van der Waals surface area contributed by atoms with E-state index in [4.69, 9.17) is 4.74 Å². The molecule has 26 heavy (non-hydrogen) atoms. The third kappa shape index (κ3) is 3.06. The van der Waals surface area contributed by atoms with Gasteiger partial charge in [0.25, 0.3) is 0 Å². The lowest BCUT2D eigenvalue weighted by molar-refractivity contribution is -0.126. The summed E-state index contributed by atoms with van der Waals surface area (Å²) < 4.78 is 20.5. The molecule has 0 unspecified atom stereocenters. The van der Waals surface area contributed by atoms with Gasteiger partial charge in [-0.05, 0) is 45.1 Å². The molecule has 1 saturated heterocycles. The molecular weight excluding hydrogens is 335 g/mol. The summed E-state index contributed by atoms with van der Waals surface area (Å²) in [6, 6.07) is 7.90. The molecule has 1 heterocycles. The summed E-state index contributed by atoms with van der Waals surface area (Å²) in [5, 5.41) is 2.81. The number of alkyl halides is 1. The minimum atomic E-state index is -1.50. The third-order valence-electron chi connectivity index (χ3n) is 5.47. The molecule has 2 saturated carbocycles. The topological polar surface area (TPSA) is 58.6 Å². The van der Waals surface area contributed by atoms with E-state index in [1.807, 2.05) is 26.8 Å². The van der Waals surface area contributed by atoms with Gasteiger partial charge in [-0.25, -0.2) is 9.18 Å². The highest BCUT2D eigenvalue weighted by molar-refractivity contribution is 5.87. The molecule has 0 radical (unpaired) electrons. The maximum absolute atomic E-state index is 15.0. The Morgan fingerprint density at radius 2 is 1.92 bits per heavy atom. The number of rotatable bonds is 3. The number of hydrogen-bond acceptors (Lipinski definition) is 3. The second kappa shape index (κ2) is 5.69. The van der Waals surface area contributed by atoms with Gasteiger partial charge in [-0.15, -0.1) is 0 Å². The van der Waals surface area contributed by atoms with Crippen LogP contribution in [0.25, 0.3) is 0 Å². The number of nitrogens with one attached hydrogen (secondary N) is 1. The highest BCUT2D eigenvalue weighted by atomic mass is 19.1. The Hall–Kier alpha value is -2.11. The molecule has 1 aromatic rings. The van der Waals surface area contributed by atoms with Crippen molar-refractivity contribution < 1.29 is 18.7 Å². The predicted molar refractivity (Wildman–Crippen MR) is 94.1 cm³/mol. The summed E-state index contributed by atoms with van der Waals surface area (Å²) in [6.45, 7) is 5.42. The fraction of sp³-hybridized carbons (Fsp3) is 0.600. The quantitative estimate of drug-likeness (QED) is 0.901. The maximum Gasteiger partial charge on any atom is 0.411 e. The number of piperidine rings is 1. The molecule has 3 aliphatic rings. The summed E-state index contributed by atoms with van der Waals surface area (Å²) in [5.74, 6) is 0.0882. The summed E-state index contributed by atoms with van der Waals surface area (Å²) in [5.41, 5.74) is -1.53. The number of nitrogens with zero attached hydrogens (tertiary/aromatic N) is 1. The van der Waals surface area contributed by atoms with Crippen molar-refractivity contribution in [3.05, 3.63) is 35.9 Å². The van der Waals surface area contributed by atoms with Crippen molar-refractivity contribution in [2.24, 2.45) is 5.92 Å². The smallest absolute Gasteiger partial charge is 0.411 e. The zero-order chi connectivity index (χ0) is 18.7. The fourth-order valence-corrected chi connectivity index (χ4v) is 3.97. The van der Waals surface area contributed by atoms with Crippen LogP contribution in [0.4, 0.5) is 9.18 Å². The predicted octanol–water partition coefficient (Wildman–Crippen LogP) is 3.14. The Kier molecular flexibility index (Phi) is 3.79. The molecule has 0 bridgehead atoms. The molecule has 2 aliphatic carbocycles. The highest BCUT2D eigenvalue weighted by Gasteiger charge is 2.61. The lowest BCUT2D eigenvalue weighted by Gasteiger charge is -2.30. The Bertz CT molecular complexity index is 732. The van der Waals surface area contributed by atoms with Crippen LogP contribution >= 0.6 is 0 Å². The molecule has 140 valence electrons. The standard InChI is InChI=1S/C20H25FN2O3/c1-19(2,3)26-18(25)23-14-9-12(14)10-15(23)17(24)22-16-11-20(16,21)13-7-5-4-6-8-13/h4-8,12,14-16H,9-11H2,1-3H3,(H,22,24)/t12-,14-,15+,16+,20+/m1/s1. The fourth-order valence-electron chi connectivity index (χ4n) is 3.97. The van der Waals surface area contributed by atoms with Crippen LogP contribution in [0.2, 0.25) is 0 Å². The van der Waals surface area contributed by atoms with Gasteiger partial charge in [-0.1, -0.05) is 30.3 Å². The first-order valence-electron chi connectivity index (χ1n) is 9.25. The van der Waals surface area contributed by atoms with Gasteiger partial charge in [0.2, 0.25) is 5.91 Å². The van der Waals surface area contributed by atoms with E-state index in [2.05, 4.69) is 5.32 Å². The molecule has 3 fully saturated rings. The van der Waals surface area contributed by atoms with Crippen molar-refractivity contribution in [1.29, 1.82) is 0 Å². The molecule has 0 aromatic heterocycles. The summed E-state index contributed by atoms with van der Waals surface area (Å²) in [7, 11) is 0. The molecule has 1 aliphatic heterocycles. The normalized spacial score (nSPS) is 34.8. The van der Waals surface area contributed by atoms with Gasteiger partial charge in [0.1, 0.15) is 11.6 Å². The van der Waals surface area contributed by atoms with Crippen molar-refractivity contribution in [3.8, 4) is 0 Å². The number of fused-ring (bicyclic) bond motifs is 1. The van der Waals surface area contributed by atoms with Gasteiger partial charge in [-0.3, -0.25) is 9.69 Å². The molecular formula is C20H25FN2O3. The average molecular weight is 360 g/mol. The van der Waals surface area contributed by atoms with Crippen LogP contribution in [0.15, 0.2) is 30.3 Å². The molecule has 5 nitrogen and oxygen atoms in total. The van der Waals surface area contributed by atoms with Gasteiger partial charge in [0, 0.05) is 12.5 Å². The monoisotopic (exact) mass is 360 g/mol. The minimum absolute atomic E-state index is 0.0871. The first-order valence-corrected chi connectivity index (χ1v) is 9.25. The second-order valence-corrected chi connectivity index (χ2v) is 8.70. The number of likely N-dealkylation sites (tertiary alicyclic amines) is 1. The van der Waals surface area contributed by atoms with E-state index in [0.29, 0.717) is 17.9 Å². The van der Waals surface area contributed by atoms with E-state index >= 15 is 0 Å². The first-order chi connectivity index (χ1) is 12.2. The zero-order valence-corrected chi connectivity index (χ0v) is 15.4. The first kappa shape index (κ1) is 17.3. The number of carbonyl (C=O) groups excluding carboxylic acids is 2. The van der Waals surface area contributed by atoms with Gasteiger partial charge >= 0.3 is 6.09 Å². The Morgan fingerprint density at radius 3 is 2.58 bits per heavy atom. The van der Waals surface area contributed by atoms with Crippen molar-refractivity contribution >= 4 is 12.0 Å². The number of carbonyl (C=O) groups is 2. The molecule has 1 N–H and O–H groups in total. The van der Waals surface area contributed by atoms with Gasteiger partial charge in [0.05, 0.1) is 6.04 Å². The third-order valence-corrected chi connectivity index (χ3v) is 5.47. The second-order valence-electron chi connectivity index (χ2n) is 8.70. The lowest BCUT2D eigenvalue weighted by Crippen LogP contribution is -2.50. The summed E-state index contributed by atoms with van der Waals surface area (Å²) >= 11 is 0. The minimum Gasteiger partial charge on any atom is -0.444 e. The number of ether oxygens (including phenoxy) is 1. The van der Waals surface area contributed by atoms with Crippen molar-refractivity contribution in [2.75, 3.05) is 0 Å². The van der Waals surface area contributed by atoms with Crippen molar-refractivity contribution in [3.63, 3.8) is 0 Å². The summed E-state index contributed by atoms with van der Waals surface area (Å²) in [4.78, 5) is 26.8. The van der Waals surface area contributed by atoms with E-state index < -0.39 is 29.4 Å². The van der Waals surface area contributed by atoms with Crippen LogP contribution in [-0.2, 0) is 15.2 Å². The van der Waals surface area contributed by atoms with E-state index in [1.165, 1.54) is 0 Å². The van der Waals surface area contributed by atoms with E-state index in [-0.39, 0.29) is 18.4 Å². The molecule has 2 amide bonds. The number of amides is 2. The van der Waals surface area contributed by atoms with Gasteiger partial charge < -0.3 is 10.1 Å². The van der Waals surface area contributed by atoms with Crippen molar-refractivity contribution in [2.45, 2.75) is 69.4 Å². The number of hydrogen-bond donors (Lipinski definition) is 1. The SMILES string of the molecule is CC(C)(C)OC(=O)N1[C@@H]2C[C@@H]2C[C@H]1C(=O)N[C@H]1C[C@]1(F)c1ccccc1. The molecule has 4 rings (SSSR count). The summed E-state index contributed by atoms with van der Waals surface area (Å²) in [6.07, 6.45) is 1.37. The van der Waals surface area contributed by atoms with Gasteiger partial charge in [-0.2, -0.15) is 0 Å². The van der Waals surface area contributed by atoms with Crippen LogP contribution < -0.4 is 5.32 Å². The zero-order valence-electron chi connectivity index (χ0n) is 15.4. The largest absolute Gasteiger partial charge is 0.444 e. The van der Waals surface area contributed by atoms with E-state index in [0.717, 1.165) is 6.42 Å². The highest BCUT2D eigenvalue weighted by Crippen LogP contribution is 2.51. The molecule has 6 heteroatoms. The molecule has 1 aromatic carbocycles. The molecule has 0 spiro atoms. The van der Waals surface area contributed by atoms with Crippen LogP contribution in [0.3, 0.4) is 0 Å². The van der Waals surface area contributed by atoms with Crippen LogP contribution in [0.5, 0.6) is 0 Å².